The number of carbonyl (C=O) groups excluding carboxylic acids is 1. The molecule has 1 rings (SSSR count). The fraction of sp³-hybridized carbons (Fsp3) is 0.286. The maximum Gasteiger partial charge on any atom is 0.312 e. The van der Waals surface area contributed by atoms with E-state index in [0.717, 1.165) is 5.69 Å². The predicted octanol–water partition coefficient (Wildman–Crippen LogP) is -0.0467. The summed E-state index contributed by atoms with van der Waals surface area (Å²) in [5, 5.41) is 2.42. The van der Waals surface area contributed by atoms with Gasteiger partial charge in [0, 0.05) is 6.20 Å². The first-order chi connectivity index (χ1) is 5.68. The van der Waals surface area contributed by atoms with Gasteiger partial charge in [-0.05, 0) is 6.92 Å². The summed E-state index contributed by atoms with van der Waals surface area (Å²) in [5.74, 6) is 0. The molecule has 0 aromatic carbocycles. The molecule has 0 spiro atoms. The highest BCUT2D eigenvalue weighted by Crippen LogP contribution is 1.92. The molecule has 0 saturated heterocycles. The predicted molar refractivity (Wildman–Crippen MR) is 43.2 cm³/mol. The Bertz CT molecular complexity index is 269. The molecule has 1 aromatic heterocycles. The molecule has 2 amide bonds. The lowest BCUT2D eigenvalue weighted by Crippen LogP contribution is -2.29. The van der Waals surface area contributed by atoms with Crippen molar-refractivity contribution in [1.29, 1.82) is 0 Å². The van der Waals surface area contributed by atoms with Gasteiger partial charge in [0.1, 0.15) is 0 Å². The second-order valence-electron chi connectivity index (χ2n) is 2.37. The van der Waals surface area contributed by atoms with Crippen LogP contribution in [-0.4, -0.2) is 16.0 Å². The third-order valence-electron chi connectivity index (χ3n) is 1.28. The van der Waals surface area contributed by atoms with Crippen LogP contribution in [0.1, 0.15) is 11.4 Å². The van der Waals surface area contributed by atoms with Crippen LogP contribution in [0.25, 0.3) is 0 Å². The van der Waals surface area contributed by atoms with E-state index in [1.165, 1.54) is 0 Å². The number of urea groups is 1. The summed E-state index contributed by atoms with van der Waals surface area (Å²) in [5.41, 5.74) is 6.41. The number of hydrogen-bond donors (Lipinski definition) is 2. The Hall–Kier alpha value is -1.65. The van der Waals surface area contributed by atoms with Gasteiger partial charge >= 0.3 is 6.03 Å². The van der Waals surface area contributed by atoms with Crippen molar-refractivity contribution in [3.05, 3.63) is 23.8 Å². The van der Waals surface area contributed by atoms with E-state index in [1.807, 2.05) is 6.92 Å². The number of aryl methyl sites for hydroxylation is 1. The Kier molecular flexibility index (Phi) is 2.57. The third kappa shape index (κ3) is 2.53. The van der Waals surface area contributed by atoms with Crippen molar-refractivity contribution >= 4 is 6.03 Å². The van der Waals surface area contributed by atoms with Gasteiger partial charge in [0.15, 0.2) is 0 Å². The summed E-state index contributed by atoms with van der Waals surface area (Å²) in [6.45, 7) is 2.17. The minimum absolute atomic E-state index is 0.322. The quantitative estimate of drug-likeness (QED) is 0.646. The molecule has 0 bridgehead atoms. The molecular weight excluding hydrogens is 156 g/mol. The molecule has 0 unspecified atom stereocenters. The van der Waals surface area contributed by atoms with Gasteiger partial charge in [0.2, 0.25) is 0 Å². The van der Waals surface area contributed by atoms with Crippen molar-refractivity contribution in [2.45, 2.75) is 13.5 Å². The van der Waals surface area contributed by atoms with Crippen LogP contribution in [0.3, 0.4) is 0 Å². The molecule has 1 aromatic rings. The fourth-order valence-electron chi connectivity index (χ4n) is 0.688. The monoisotopic (exact) mass is 166 g/mol. The number of rotatable bonds is 2. The Morgan fingerprint density at radius 3 is 2.83 bits per heavy atom. The molecule has 0 fully saturated rings. The molecule has 0 radical (unpaired) electrons. The molecular formula is C7H10N4O. The standard InChI is InChI=1S/C7H10N4O/c1-5-2-10-6(3-9-5)4-11-7(8)12/h2-3H,4H2,1H3,(H3,8,11,12). The summed E-state index contributed by atoms with van der Waals surface area (Å²) in [7, 11) is 0. The van der Waals surface area contributed by atoms with E-state index in [-0.39, 0.29) is 0 Å². The SMILES string of the molecule is Cc1cnc(CNC(N)=O)cn1. The molecule has 0 aliphatic carbocycles. The number of nitrogens with two attached hydrogens (primary N) is 1. The van der Waals surface area contributed by atoms with Crippen molar-refractivity contribution in [2.24, 2.45) is 5.73 Å². The average molecular weight is 166 g/mol. The van der Waals surface area contributed by atoms with E-state index < -0.39 is 6.03 Å². The van der Waals surface area contributed by atoms with E-state index in [1.54, 1.807) is 12.4 Å². The molecule has 3 N–H and O–H groups in total. The van der Waals surface area contributed by atoms with Crippen molar-refractivity contribution < 1.29 is 4.79 Å². The first-order valence-electron chi connectivity index (χ1n) is 3.49. The van der Waals surface area contributed by atoms with Gasteiger partial charge in [-0.2, -0.15) is 0 Å². The van der Waals surface area contributed by atoms with E-state index in [2.05, 4.69) is 15.3 Å². The van der Waals surface area contributed by atoms with Gasteiger partial charge < -0.3 is 11.1 Å². The molecule has 0 aliphatic heterocycles. The topological polar surface area (TPSA) is 80.9 Å². The Morgan fingerprint density at radius 1 is 1.58 bits per heavy atom. The first-order valence-corrected chi connectivity index (χ1v) is 3.49. The second kappa shape index (κ2) is 3.66. The highest BCUT2D eigenvalue weighted by molar-refractivity contribution is 5.71. The number of nitrogens with one attached hydrogen (secondary N) is 1. The largest absolute Gasteiger partial charge is 0.352 e. The van der Waals surface area contributed by atoms with Crippen molar-refractivity contribution in [1.82, 2.24) is 15.3 Å². The van der Waals surface area contributed by atoms with E-state index in [9.17, 15) is 4.79 Å². The average Bonchev–Trinajstić information content (AvgIpc) is 2.03. The minimum Gasteiger partial charge on any atom is -0.352 e. The van der Waals surface area contributed by atoms with Crippen LogP contribution in [0.15, 0.2) is 12.4 Å². The van der Waals surface area contributed by atoms with Gasteiger partial charge in [-0.25, -0.2) is 4.79 Å². The number of nitrogens with zero attached hydrogens (tertiary/aromatic N) is 2. The number of amides is 2. The first kappa shape index (κ1) is 8.45. The van der Waals surface area contributed by atoms with Gasteiger partial charge in [-0.15, -0.1) is 0 Å². The highest BCUT2D eigenvalue weighted by Gasteiger charge is 1.95. The van der Waals surface area contributed by atoms with Crippen molar-refractivity contribution in [3.8, 4) is 0 Å². The van der Waals surface area contributed by atoms with Gasteiger partial charge in [0.25, 0.3) is 0 Å². The Labute approximate surface area is 70.0 Å². The Balaban J connectivity index is 2.53. The van der Waals surface area contributed by atoms with Gasteiger partial charge in [-0.3, -0.25) is 9.97 Å². The van der Waals surface area contributed by atoms with E-state index >= 15 is 0 Å². The summed E-state index contributed by atoms with van der Waals surface area (Å²) >= 11 is 0. The summed E-state index contributed by atoms with van der Waals surface area (Å²) in [4.78, 5) is 18.3. The van der Waals surface area contributed by atoms with Crippen molar-refractivity contribution in [3.63, 3.8) is 0 Å². The van der Waals surface area contributed by atoms with Gasteiger partial charge in [-0.1, -0.05) is 0 Å². The van der Waals surface area contributed by atoms with Crippen LogP contribution in [0.5, 0.6) is 0 Å². The molecule has 5 heteroatoms. The minimum atomic E-state index is -0.558. The molecule has 0 saturated carbocycles. The zero-order valence-electron chi connectivity index (χ0n) is 6.74. The lowest BCUT2D eigenvalue weighted by Gasteiger charge is -1.99. The molecule has 0 aliphatic rings. The third-order valence-corrected chi connectivity index (χ3v) is 1.28. The summed E-state index contributed by atoms with van der Waals surface area (Å²) in [6, 6.07) is -0.558. The van der Waals surface area contributed by atoms with E-state index in [4.69, 9.17) is 5.73 Å². The lowest BCUT2D eigenvalue weighted by atomic mass is 10.4. The fourth-order valence-corrected chi connectivity index (χ4v) is 0.688. The van der Waals surface area contributed by atoms with E-state index in [0.29, 0.717) is 12.2 Å². The van der Waals surface area contributed by atoms with Crippen LogP contribution in [0, 0.1) is 6.92 Å². The lowest BCUT2D eigenvalue weighted by molar-refractivity contribution is 0.248. The van der Waals surface area contributed by atoms with Crippen LogP contribution in [0.2, 0.25) is 0 Å². The number of hydrogen-bond acceptors (Lipinski definition) is 3. The normalized spacial score (nSPS) is 9.42. The zero-order valence-corrected chi connectivity index (χ0v) is 6.74. The molecule has 1 heterocycles. The molecule has 12 heavy (non-hydrogen) atoms. The number of carbonyl (C=O) groups is 1. The number of aromatic nitrogens is 2. The van der Waals surface area contributed by atoms with Crippen molar-refractivity contribution in [2.75, 3.05) is 0 Å². The van der Waals surface area contributed by atoms with Crippen LogP contribution >= 0.6 is 0 Å². The maximum atomic E-state index is 10.3. The second-order valence-corrected chi connectivity index (χ2v) is 2.37. The highest BCUT2D eigenvalue weighted by atomic mass is 16.2. The Morgan fingerprint density at radius 2 is 2.33 bits per heavy atom. The summed E-state index contributed by atoms with van der Waals surface area (Å²) < 4.78 is 0. The maximum absolute atomic E-state index is 10.3. The summed E-state index contributed by atoms with van der Waals surface area (Å²) in [6.07, 6.45) is 3.24. The molecule has 64 valence electrons. The molecule has 5 nitrogen and oxygen atoms in total. The van der Waals surface area contributed by atoms with Gasteiger partial charge in [0.05, 0.1) is 24.1 Å². The van der Waals surface area contributed by atoms with Crippen LogP contribution < -0.4 is 11.1 Å². The van der Waals surface area contributed by atoms with Crippen LogP contribution in [-0.2, 0) is 6.54 Å². The van der Waals surface area contributed by atoms with Crippen LogP contribution in [0.4, 0.5) is 4.79 Å². The smallest absolute Gasteiger partial charge is 0.312 e. The zero-order chi connectivity index (χ0) is 8.97. The number of primary amides is 1. The molecule has 0 atom stereocenters.